The zero-order valence-electron chi connectivity index (χ0n) is 15.7. The van der Waals surface area contributed by atoms with E-state index < -0.39 is 29.7 Å². The molecule has 0 spiro atoms. The molecule has 9 nitrogen and oxygen atoms in total. The van der Waals surface area contributed by atoms with Crippen molar-refractivity contribution in [1.29, 1.82) is 0 Å². The lowest BCUT2D eigenvalue weighted by Crippen LogP contribution is -2.50. The number of imide groups is 1. The first-order valence-electron chi connectivity index (χ1n) is 9.29. The fraction of sp³-hybridized carbons (Fsp3) is 0.556. The fourth-order valence-electron chi connectivity index (χ4n) is 3.32. The molecule has 0 aromatic carbocycles. The first kappa shape index (κ1) is 21.5. The van der Waals surface area contributed by atoms with E-state index in [0.717, 1.165) is 18.7 Å². The molecule has 2 N–H and O–H groups in total. The molecule has 0 aliphatic carbocycles. The van der Waals surface area contributed by atoms with Crippen LogP contribution in [0.15, 0.2) is 18.3 Å². The minimum atomic E-state index is -0.736. The van der Waals surface area contributed by atoms with E-state index in [1.54, 1.807) is 0 Å². The standard InChI is InChI=1S/C18H25FN4O5/c1-2-3-5-14(23(28)12-24)10-16(25)20-18(26)15-6-4-9-21(15)17-8-7-13(19)11-22(17)27/h7-8,11-12,14-15,28H,2-6,9-10H2,1H3,(H,20,25,26)/t14-,15+/m0/s1. The van der Waals surface area contributed by atoms with Crippen molar-refractivity contribution >= 4 is 24.0 Å². The van der Waals surface area contributed by atoms with E-state index in [9.17, 15) is 29.2 Å². The van der Waals surface area contributed by atoms with Crippen molar-refractivity contribution < 1.29 is 28.7 Å². The van der Waals surface area contributed by atoms with Gasteiger partial charge in [0.15, 0.2) is 11.9 Å². The lowest BCUT2D eigenvalue weighted by molar-refractivity contribution is -0.594. The highest BCUT2D eigenvalue weighted by Crippen LogP contribution is 2.23. The predicted molar refractivity (Wildman–Crippen MR) is 96.5 cm³/mol. The van der Waals surface area contributed by atoms with E-state index >= 15 is 0 Å². The average molecular weight is 396 g/mol. The summed E-state index contributed by atoms with van der Waals surface area (Å²) in [5.41, 5.74) is 0. The van der Waals surface area contributed by atoms with Gasteiger partial charge in [-0.1, -0.05) is 19.8 Å². The lowest BCUT2D eigenvalue weighted by Gasteiger charge is -2.23. The van der Waals surface area contributed by atoms with Crippen molar-refractivity contribution in [1.82, 2.24) is 10.4 Å². The van der Waals surface area contributed by atoms with Gasteiger partial charge in [0.25, 0.3) is 11.7 Å². The number of hydrogen-bond donors (Lipinski definition) is 2. The highest BCUT2D eigenvalue weighted by Gasteiger charge is 2.38. The molecule has 10 heteroatoms. The van der Waals surface area contributed by atoms with Gasteiger partial charge < -0.3 is 5.21 Å². The number of nitrogens with one attached hydrogen (secondary N) is 1. The van der Waals surface area contributed by atoms with Gasteiger partial charge in [-0.25, -0.2) is 19.1 Å². The van der Waals surface area contributed by atoms with Crippen LogP contribution < -0.4 is 14.9 Å². The van der Waals surface area contributed by atoms with Gasteiger partial charge in [-0.3, -0.25) is 24.9 Å². The van der Waals surface area contributed by atoms with Crippen molar-refractivity contribution in [3.8, 4) is 0 Å². The second-order valence-corrected chi connectivity index (χ2v) is 6.78. The number of anilines is 1. The molecule has 2 heterocycles. The summed E-state index contributed by atoms with van der Waals surface area (Å²) in [5.74, 6) is -1.74. The molecule has 0 bridgehead atoms. The summed E-state index contributed by atoms with van der Waals surface area (Å²) in [5, 5.41) is 24.3. The van der Waals surface area contributed by atoms with Crippen molar-refractivity contribution in [2.45, 2.75) is 57.5 Å². The van der Waals surface area contributed by atoms with Crippen molar-refractivity contribution in [3.05, 3.63) is 29.4 Å². The Kier molecular flexibility index (Phi) is 7.68. The van der Waals surface area contributed by atoms with Crippen LogP contribution in [-0.4, -0.2) is 47.1 Å². The van der Waals surface area contributed by atoms with Crippen LogP contribution in [0.1, 0.15) is 45.4 Å². The van der Waals surface area contributed by atoms with Crippen LogP contribution in [0, 0.1) is 11.0 Å². The Hall–Kier alpha value is -2.75. The molecule has 1 aliphatic heterocycles. The maximum absolute atomic E-state index is 13.2. The van der Waals surface area contributed by atoms with Gasteiger partial charge >= 0.3 is 0 Å². The maximum Gasteiger partial charge on any atom is 0.280 e. The zero-order chi connectivity index (χ0) is 20.7. The summed E-state index contributed by atoms with van der Waals surface area (Å²) >= 11 is 0. The monoisotopic (exact) mass is 396 g/mol. The maximum atomic E-state index is 13.2. The average Bonchev–Trinajstić information content (AvgIpc) is 3.14. The van der Waals surface area contributed by atoms with Crippen LogP contribution in [0.2, 0.25) is 0 Å². The molecule has 28 heavy (non-hydrogen) atoms. The number of hydrogen-bond acceptors (Lipinski definition) is 6. The Morgan fingerprint density at radius 1 is 1.54 bits per heavy atom. The topological polar surface area (TPSA) is 117 Å². The number of pyridine rings is 1. The molecule has 2 atom stereocenters. The third-order valence-electron chi connectivity index (χ3n) is 4.76. The van der Waals surface area contributed by atoms with E-state index in [1.807, 2.05) is 6.92 Å². The van der Waals surface area contributed by atoms with Crippen molar-refractivity contribution in [2.75, 3.05) is 11.4 Å². The number of aromatic nitrogens is 1. The number of carbonyl (C=O) groups is 3. The van der Waals surface area contributed by atoms with Gasteiger partial charge in [0.2, 0.25) is 12.3 Å². The predicted octanol–water partition coefficient (Wildman–Crippen LogP) is 0.867. The summed E-state index contributed by atoms with van der Waals surface area (Å²) in [6.45, 7) is 2.37. The first-order chi connectivity index (χ1) is 13.4. The van der Waals surface area contributed by atoms with Gasteiger partial charge in [-0.2, -0.15) is 0 Å². The summed E-state index contributed by atoms with van der Waals surface area (Å²) in [6, 6.07) is 0.978. The largest absolute Gasteiger partial charge is 0.711 e. The third kappa shape index (κ3) is 5.38. The summed E-state index contributed by atoms with van der Waals surface area (Å²) in [4.78, 5) is 37.1. The first-order valence-corrected chi connectivity index (χ1v) is 9.29. The highest BCUT2D eigenvalue weighted by atomic mass is 19.1. The van der Waals surface area contributed by atoms with Crippen LogP contribution in [0.25, 0.3) is 0 Å². The van der Waals surface area contributed by atoms with Gasteiger partial charge in [0.1, 0.15) is 6.20 Å². The normalized spacial score (nSPS) is 17.2. The molecule has 3 amide bonds. The van der Waals surface area contributed by atoms with E-state index in [2.05, 4.69) is 5.32 Å². The number of unbranched alkanes of at least 4 members (excludes halogenated alkanes) is 1. The molecule has 154 valence electrons. The molecule has 1 aromatic heterocycles. The molecular weight excluding hydrogens is 371 g/mol. The molecule has 2 rings (SSSR count). The van der Waals surface area contributed by atoms with Crippen molar-refractivity contribution in [2.24, 2.45) is 0 Å². The third-order valence-corrected chi connectivity index (χ3v) is 4.76. The Balaban J connectivity index is 2.01. The van der Waals surface area contributed by atoms with Crippen LogP contribution in [0.4, 0.5) is 10.2 Å². The van der Waals surface area contributed by atoms with Gasteiger partial charge in [0, 0.05) is 18.9 Å². The molecule has 1 fully saturated rings. The van der Waals surface area contributed by atoms with Crippen LogP contribution >= 0.6 is 0 Å². The number of nitrogens with zero attached hydrogens (tertiary/aromatic N) is 3. The number of hydroxylamine groups is 2. The molecule has 0 saturated carbocycles. The zero-order valence-corrected chi connectivity index (χ0v) is 15.7. The Bertz CT molecular complexity index is 717. The fourth-order valence-corrected chi connectivity index (χ4v) is 3.32. The number of carbonyl (C=O) groups excluding carboxylic acids is 3. The quantitative estimate of drug-likeness (QED) is 0.210. The summed E-state index contributed by atoms with van der Waals surface area (Å²) in [7, 11) is 0. The van der Waals surface area contributed by atoms with E-state index in [1.165, 1.54) is 11.0 Å². The number of amides is 3. The second kappa shape index (κ2) is 9.98. The molecule has 1 saturated heterocycles. The highest BCUT2D eigenvalue weighted by molar-refractivity contribution is 5.99. The smallest absolute Gasteiger partial charge is 0.280 e. The minimum absolute atomic E-state index is 0.134. The van der Waals surface area contributed by atoms with Crippen molar-refractivity contribution in [3.63, 3.8) is 0 Å². The van der Waals surface area contributed by atoms with Gasteiger partial charge in [-0.05, 0) is 18.9 Å². The lowest BCUT2D eigenvalue weighted by atomic mass is 10.1. The van der Waals surface area contributed by atoms with E-state index in [4.69, 9.17) is 0 Å². The molecule has 1 aliphatic rings. The molecular formula is C18H25FN4O5. The van der Waals surface area contributed by atoms with Gasteiger partial charge in [-0.15, -0.1) is 0 Å². The SMILES string of the molecule is CCCC[C@@H](CC(=O)NC(=O)[C@H]1CCCN1c1ccc(F)c[n+]1[O-])N(O)C=O. The molecule has 1 aromatic rings. The van der Waals surface area contributed by atoms with E-state index in [0.29, 0.717) is 42.0 Å². The molecule has 0 unspecified atom stereocenters. The second-order valence-electron chi connectivity index (χ2n) is 6.78. The summed E-state index contributed by atoms with van der Waals surface area (Å²) in [6.07, 6.45) is 3.83. The van der Waals surface area contributed by atoms with E-state index in [-0.39, 0.29) is 18.6 Å². The van der Waals surface area contributed by atoms with Crippen LogP contribution in [0.5, 0.6) is 0 Å². The molecule has 0 radical (unpaired) electrons. The Morgan fingerprint density at radius 3 is 2.93 bits per heavy atom. The Morgan fingerprint density at radius 2 is 2.29 bits per heavy atom. The minimum Gasteiger partial charge on any atom is -0.711 e. The Labute approximate surface area is 162 Å². The van der Waals surface area contributed by atoms with Gasteiger partial charge in [0.05, 0.1) is 12.6 Å². The summed E-state index contributed by atoms with van der Waals surface area (Å²) < 4.78 is 13.5. The number of rotatable bonds is 9. The van der Waals surface area contributed by atoms with Crippen LogP contribution in [0.3, 0.4) is 0 Å². The van der Waals surface area contributed by atoms with Crippen LogP contribution in [-0.2, 0) is 14.4 Å². The number of halogens is 1.